The third-order valence-corrected chi connectivity index (χ3v) is 4.57. The number of aromatic nitrogens is 4. The van der Waals surface area contributed by atoms with Crippen LogP contribution in [0.3, 0.4) is 0 Å². The van der Waals surface area contributed by atoms with Crippen LogP contribution < -0.4 is 5.32 Å². The van der Waals surface area contributed by atoms with Crippen molar-refractivity contribution in [1.29, 1.82) is 0 Å². The summed E-state index contributed by atoms with van der Waals surface area (Å²) in [4.78, 5) is 12.6. The van der Waals surface area contributed by atoms with E-state index in [0.717, 1.165) is 29.3 Å². The number of aryl methyl sites for hydroxylation is 2. The van der Waals surface area contributed by atoms with Gasteiger partial charge in [0.05, 0.1) is 22.9 Å². The number of carbonyl (C=O) groups is 1. The van der Waals surface area contributed by atoms with E-state index in [4.69, 9.17) is 0 Å². The number of nitrogens with zero attached hydrogens (tertiary/aromatic N) is 4. The van der Waals surface area contributed by atoms with Crippen molar-refractivity contribution in [3.63, 3.8) is 0 Å². The number of fused-ring (bicyclic) bond motifs is 1. The topological polar surface area (TPSA) is 64.7 Å². The summed E-state index contributed by atoms with van der Waals surface area (Å²) in [6.07, 6.45) is 6.56. The van der Waals surface area contributed by atoms with Crippen LogP contribution in [-0.2, 0) is 20.0 Å². The van der Waals surface area contributed by atoms with Crippen molar-refractivity contribution in [2.75, 3.05) is 0 Å². The van der Waals surface area contributed by atoms with Crippen LogP contribution in [0.4, 0.5) is 0 Å². The molecule has 1 unspecified atom stereocenters. The maximum atomic E-state index is 12.6. The lowest BCUT2D eigenvalue weighted by atomic mass is 9.93. The van der Waals surface area contributed by atoms with Gasteiger partial charge in [-0.1, -0.05) is 0 Å². The SMILES string of the molecule is CCn1ncc(Br)c1C(=O)NC1CCCc2c1cnn2C. The number of amides is 1. The van der Waals surface area contributed by atoms with E-state index in [1.54, 1.807) is 10.9 Å². The molecular formula is C14H18BrN5O. The van der Waals surface area contributed by atoms with Gasteiger partial charge in [0.25, 0.3) is 5.91 Å². The predicted octanol–water partition coefficient (Wildman–Crippen LogP) is 2.21. The zero-order valence-electron chi connectivity index (χ0n) is 12.1. The van der Waals surface area contributed by atoms with Crippen molar-refractivity contribution in [2.45, 2.75) is 38.8 Å². The molecule has 112 valence electrons. The highest BCUT2D eigenvalue weighted by Crippen LogP contribution is 2.29. The maximum Gasteiger partial charge on any atom is 0.271 e. The summed E-state index contributed by atoms with van der Waals surface area (Å²) in [6, 6.07) is 0.0297. The summed E-state index contributed by atoms with van der Waals surface area (Å²) in [5, 5.41) is 11.6. The summed E-state index contributed by atoms with van der Waals surface area (Å²) in [5.74, 6) is -0.0945. The van der Waals surface area contributed by atoms with Crippen LogP contribution in [-0.4, -0.2) is 25.5 Å². The molecule has 7 heteroatoms. The molecule has 0 fully saturated rings. The van der Waals surface area contributed by atoms with Crippen molar-refractivity contribution in [2.24, 2.45) is 7.05 Å². The predicted molar refractivity (Wildman–Crippen MR) is 82.0 cm³/mol. The van der Waals surface area contributed by atoms with Crippen LogP contribution in [0.15, 0.2) is 16.9 Å². The van der Waals surface area contributed by atoms with Gasteiger partial charge in [0.1, 0.15) is 5.69 Å². The van der Waals surface area contributed by atoms with Gasteiger partial charge in [-0.05, 0) is 42.1 Å². The molecule has 2 aromatic rings. The highest BCUT2D eigenvalue weighted by atomic mass is 79.9. The number of nitrogens with one attached hydrogen (secondary N) is 1. The first-order valence-electron chi connectivity index (χ1n) is 7.14. The van der Waals surface area contributed by atoms with E-state index < -0.39 is 0 Å². The second-order valence-corrected chi connectivity index (χ2v) is 6.10. The molecule has 21 heavy (non-hydrogen) atoms. The van der Waals surface area contributed by atoms with Gasteiger partial charge in [-0.3, -0.25) is 14.2 Å². The molecule has 0 saturated heterocycles. The van der Waals surface area contributed by atoms with E-state index in [0.29, 0.717) is 12.2 Å². The van der Waals surface area contributed by atoms with E-state index >= 15 is 0 Å². The minimum Gasteiger partial charge on any atom is -0.344 e. The van der Waals surface area contributed by atoms with Crippen LogP contribution in [0.5, 0.6) is 0 Å². The monoisotopic (exact) mass is 351 g/mol. The van der Waals surface area contributed by atoms with Gasteiger partial charge in [-0.2, -0.15) is 10.2 Å². The van der Waals surface area contributed by atoms with Crippen LogP contribution in [0, 0.1) is 0 Å². The molecule has 1 aliphatic rings. The molecular weight excluding hydrogens is 334 g/mol. The number of rotatable bonds is 3. The third-order valence-electron chi connectivity index (χ3n) is 3.99. The third kappa shape index (κ3) is 2.50. The average molecular weight is 352 g/mol. The van der Waals surface area contributed by atoms with Crippen molar-refractivity contribution < 1.29 is 4.79 Å². The molecule has 3 rings (SSSR count). The Morgan fingerprint density at radius 3 is 3.05 bits per heavy atom. The van der Waals surface area contributed by atoms with E-state index in [2.05, 4.69) is 31.4 Å². The van der Waals surface area contributed by atoms with Gasteiger partial charge in [-0.25, -0.2) is 0 Å². The summed E-state index contributed by atoms with van der Waals surface area (Å²) in [5.41, 5.74) is 2.93. The summed E-state index contributed by atoms with van der Waals surface area (Å²) < 4.78 is 4.33. The second-order valence-electron chi connectivity index (χ2n) is 5.25. The van der Waals surface area contributed by atoms with Gasteiger partial charge in [0.2, 0.25) is 0 Å². The highest BCUT2D eigenvalue weighted by molar-refractivity contribution is 9.10. The Morgan fingerprint density at radius 2 is 2.29 bits per heavy atom. The Hall–Kier alpha value is -1.63. The zero-order valence-corrected chi connectivity index (χ0v) is 13.7. The molecule has 2 aromatic heterocycles. The lowest BCUT2D eigenvalue weighted by Gasteiger charge is -2.24. The lowest BCUT2D eigenvalue weighted by Crippen LogP contribution is -2.32. The van der Waals surface area contributed by atoms with Crippen molar-refractivity contribution in [3.05, 3.63) is 33.8 Å². The Kier molecular flexibility index (Phi) is 3.84. The van der Waals surface area contributed by atoms with E-state index in [9.17, 15) is 4.79 Å². The van der Waals surface area contributed by atoms with Crippen LogP contribution >= 0.6 is 15.9 Å². The molecule has 0 spiro atoms. The maximum absolute atomic E-state index is 12.6. The quantitative estimate of drug-likeness (QED) is 0.921. The minimum absolute atomic E-state index is 0.0297. The number of hydrogen-bond acceptors (Lipinski definition) is 3. The van der Waals surface area contributed by atoms with Gasteiger partial charge in [-0.15, -0.1) is 0 Å². The molecule has 0 aliphatic heterocycles. The fourth-order valence-electron chi connectivity index (χ4n) is 2.91. The molecule has 2 heterocycles. The Balaban J connectivity index is 1.84. The molecule has 0 radical (unpaired) electrons. The second kappa shape index (κ2) is 5.63. The van der Waals surface area contributed by atoms with Crippen LogP contribution in [0.2, 0.25) is 0 Å². The van der Waals surface area contributed by atoms with Crippen LogP contribution in [0.1, 0.15) is 47.6 Å². The van der Waals surface area contributed by atoms with Gasteiger partial charge < -0.3 is 5.32 Å². The van der Waals surface area contributed by atoms with Gasteiger partial charge >= 0.3 is 0 Å². The minimum atomic E-state index is -0.0945. The first kappa shape index (κ1) is 14.3. The lowest BCUT2D eigenvalue weighted by molar-refractivity contribution is 0.0921. The fraction of sp³-hybridized carbons (Fsp3) is 0.500. The van der Waals surface area contributed by atoms with Gasteiger partial charge in [0.15, 0.2) is 0 Å². The normalized spacial score (nSPS) is 17.6. The summed E-state index contributed by atoms with van der Waals surface area (Å²) >= 11 is 3.40. The first-order valence-corrected chi connectivity index (χ1v) is 7.94. The standard InChI is InChI=1S/C14H18BrN5O/c1-3-20-13(10(15)8-17-20)14(21)18-11-5-4-6-12-9(11)7-16-19(12)2/h7-8,11H,3-6H2,1-2H3,(H,18,21). The molecule has 6 nitrogen and oxygen atoms in total. The van der Waals surface area contributed by atoms with E-state index in [1.165, 1.54) is 5.69 Å². The summed E-state index contributed by atoms with van der Waals surface area (Å²) in [7, 11) is 1.95. The number of halogens is 1. The van der Waals surface area contributed by atoms with Crippen molar-refractivity contribution >= 4 is 21.8 Å². The van der Waals surface area contributed by atoms with E-state index in [1.807, 2.05) is 24.9 Å². The number of carbonyl (C=O) groups excluding carboxylic acids is 1. The van der Waals surface area contributed by atoms with Gasteiger partial charge in [0, 0.05) is 24.8 Å². The number of hydrogen-bond donors (Lipinski definition) is 1. The van der Waals surface area contributed by atoms with Crippen molar-refractivity contribution in [1.82, 2.24) is 24.9 Å². The summed E-state index contributed by atoms with van der Waals surface area (Å²) in [6.45, 7) is 2.63. The molecule has 0 bridgehead atoms. The first-order chi connectivity index (χ1) is 10.1. The average Bonchev–Trinajstić information content (AvgIpc) is 3.03. The Morgan fingerprint density at radius 1 is 1.48 bits per heavy atom. The molecule has 1 aliphatic carbocycles. The highest BCUT2D eigenvalue weighted by Gasteiger charge is 2.26. The van der Waals surface area contributed by atoms with E-state index in [-0.39, 0.29) is 11.9 Å². The molecule has 1 amide bonds. The smallest absolute Gasteiger partial charge is 0.271 e. The molecule has 1 N–H and O–H groups in total. The molecule has 1 atom stereocenters. The largest absolute Gasteiger partial charge is 0.344 e. The zero-order chi connectivity index (χ0) is 15.0. The Bertz CT molecular complexity index is 675. The van der Waals surface area contributed by atoms with Crippen LogP contribution in [0.25, 0.3) is 0 Å². The molecule has 0 aromatic carbocycles. The molecule has 0 saturated carbocycles. The van der Waals surface area contributed by atoms with Crippen molar-refractivity contribution in [3.8, 4) is 0 Å². The fourth-order valence-corrected chi connectivity index (χ4v) is 3.39. The Labute approximate surface area is 131 Å².